The van der Waals surface area contributed by atoms with Gasteiger partial charge >= 0.3 is 0 Å². The summed E-state index contributed by atoms with van der Waals surface area (Å²) in [5.74, 6) is 0.0988. The van der Waals surface area contributed by atoms with Crippen LogP contribution in [0, 0.1) is 10.1 Å². The maximum Gasteiger partial charge on any atom is 0.296 e. The molecule has 0 aromatic heterocycles. The second-order valence-electron chi connectivity index (χ2n) is 7.52. The first-order valence-electron chi connectivity index (χ1n) is 9.02. The Balaban J connectivity index is 1.58. The summed E-state index contributed by atoms with van der Waals surface area (Å²) in [6, 6.07) is 10.4. The predicted octanol–water partition coefficient (Wildman–Crippen LogP) is 3.43. The van der Waals surface area contributed by atoms with Gasteiger partial charge < -0.3 is 20.1 Å². The third-order valence-corrected chi connectivity index (χ3v) is 5.06. The number of carbonyl (C=O) groups excluding carboxylic acids is 1. The van der Waals surface area contributed by atoms with E-state index >= 15 is 0 Å². The van der Waals surface area contributed by atoms with E-state index in [4.69, 9.17) is 9.47 Å². The summed E-state index contributed by atoms with van der Waals surface area (Å²) in [4.78, 5) is 23.5. The number of ether oxygens (including phenoxy) is 2. The Morgan fingerprint density at radius 3 is 2.61 bits per heavy atom. The van der Waals surface area contributed by atoms with Gasteiger partial charge in [0, 0.05) is 18.3 Å². The first-order valence-corrected chi connectivity index (χ1v) is 9.02. The van der Waals surface area contributed by atoms with Crippen LogP contribution in [-0.4, -0.2) is 29.6 Å². The van der Waals surface area contributed by atoms with E-state index in [0.717, 1.165) is 16.8 Å². The standard InChI is InChI=1S/C20H21N3O5/c1-20(2)19-18(27-19)13-9-14(15(23(25)26)10-16(13)28-20)22-17(24)8-11-4-6-12(21-3)7-5-11/h4-7,9-10,18-19,21H,8H2,1-3H3,(H,22,24). The summed E-state index contributed by atoms with van der Waals surface area (Å²) in [5.41, 5.74) is 1.88. The van der Waals surface area contributed by atoms with Crippen molar-refractivity contribution in [2.45, 2.75) is 38.1 Å². The Morgan fingerprint density at radius 1 is 1.25 bits per heavy atom. The molecule has 2 aliphatic heterocycles. The van der Waals surface area contributed by atoms with Crippen molar-refractivity contribution in [3.8, 4) is 5.75 Å². The molecule has 146 valence electrons. The fraction of sp³-hybridized carbons (Fsp3) is 0.350. The van der Waals surface area contributed by atoms with Crippen LogP contribution in [-0.2, 0) is 16.0 Å². The highest BCUT2D eigenvalue weighted by molar-refractivity contribution is 5.95. The molecule has 2 unspecified atom stereocenters. The monoisotopic (exact) mass is 383 g/mol. The van der Waals surface area contributed by atoms with Crippen LogP contribution in [0.5, 0.6) is 5.75 Å². The number of epoxide rings is 1. The number of hydrogen-bond acceptors (Lipinski definition) is 6. The van der Waals surface area contributed by atoms with E-state index in [2.05, 4.69) is 10.6 Å². The zero-order chi connectivity index (χ0) is 20.1. The summed E-state index contributed by atoms with van der Waals surface area (Å²) in [6.07, 6.45) is -0.135. The number of nitrogens with zero attached hydrogens (tertiary/aromatic N) is 1. The normalized spacial score (nSPS) is 21.0. The fourth-order valence-corrected chi connectivity index (χ4v) is 3.54. The Hall–Kier alpha value is -3.13. The number of nitro benzene ring substituents is 1. The number of fused-ring (bicyclic) bond motifs is 3. The molecule has 2 aromatic rings. The largest absolute Gasteiger partial charge is 0.484 e. The first kappa shape index (κ1) is 18.2. The minimum Gasteiger partial charge on any atom is -0.484 e. The predicted molar refractivity (Wildman–Crippen MR) is 104 cm³/mol. The Morgan fingerprint density at radius 2 is 1.96 bits per heavy atom. The van der Waals surface area contributed by atoms with Crippen LogP contribution in [0.25, 0.3) is 0 Å². The molecule has 0 spiro atoms. The van der Waals surface area contributed by atoms with E-state index in [-0.39, 0.29) is 35.9 Å². The number of carbonyl (C=O) groups is 1. The van der Waals surface area contributed by atoms with Gasteiger partial charge in [-0.25, -0.2) is 0 Å². The number of nitro groups is 1. The molecule has 2 heterocycles. The van der Waals surface area contributed by atoms with E-state index in [9.17, 15) is 14.9 Å². The van der Waals surface area contributed by atoms with Crippen LogP contribution in [0.15, 0.2) is 36.4 Å². The highest BCUT2D eigenvalue weighted by Crippen LogP contribution is 2.55. The number of nitrogens with one attached hydrogen (secondary N) is 2. The summed E-state index contributed by atoms with van der Waals surface area (Å²) < 4.78 is 11.6. The third-order valence-electron chi connectivity index (χ3n) is 5.06. The lowest BCUT2D eigenvalue weighted by Gasteiger charge is -2.29. The average Bonchev–Trinajstić information content (AvgIpc) is 3.44. The Kier molecular flexibility index (Phi) is 4.23. The SMILES string of the molecule is CNc1ccc(CC(=O)Nc2cc3c(cc2[N+](=O)[O-])OC(C)(C)C2OC32)cc1. The summed E-state index contributed by atoms with van der Waals surface area (Å²) in [6.45, 7) is 3.78. The molecule has 2 aromatic carbocycles. The van der Waals surface area contributed by atoms with Gasteiger partial charge in [-0.05, 0) is 37.6 Å². The topological polar surface area (TPSA) is 106 Å². The highest BCUT2D eigenvalue weighted by atomic mass is 16.6. The lowest BCUT2D eigenvalue weighted by molar-refractivity contribution is -0.384. The van der Waals surface area contributed by atoms with E-state index in [1.807, 2.05) is 45.2 Å². The molecule has 0 bridgehead atoms. The molecule has 28 heavy (non-hydrogen) atoms. The molecule has 1 fully saturated rings. The van der Waals surface area contributed by atoms with E-state index < -0.39 is 10.5 Å². The second kappa shape index (κ2) is 6.49. The molecule has 0 saturated carbocycles. The first-order chi connectivity index (χ1) is 13.3. The average molecular weight is 383 g/mol. The summed E-state index contributed by atoms with van der Waals surface area (Å²) in [7, 11) is 1.82. The molecular formula is C20H21N3O5. The van der Waals surface area contributed by atoms with Crippen molar-refractivity contribution in [2.24, 2.45) is 0 Å². The minimum atomic E-state index is -0.546. The van der Waals surface area contributed by atoms with Crippen LogP contribution in [0.3, 0.4) is 0 Å². The molecule has 1 saturated heterocycles. The van der Waals surface area contributed by atoms with E-state index in [1.165, 1.54) is 6.07 Å². The van der Waals surface area contributed by atoms with Crippen LogP contribution < -0.4 is 15.4 Å². The smallest absolute Gasteiger partial charge is 0.296 e. The van der Waals surface area contributed by atoms with Crippen molar-refractivity contribution < 1.29 is 19.2 Å². The Labute approximate surface area is 162 Å². The van der Waals surface area contributed by atoms with Crippen LogP contribution in [0.2, 0.25) is 0 Å². The number of hydrogen-bond donors (Lipinski definition) is 2. The Bertz CT molecular complexity index is 955. The number of anilines is 2. The van der Waals surface area contributed by atoms with Crippen LogP contribution in [0.1, 0.15) is 31.1 Å². The van der Waals surface area contributed by atoms with Crippen molar-refractivity contribution in [3.05, 3.63) is 57.6 Å². The van der Waals surface area contributed by atoms with Gasteiger partial charge in [-0.3, -0.25) is 14.9 Å². The van der Waals surface area contributed by atoms with Gasteiger partial charge in [0.2, 0.25) is 5.91 Å². The molecule has 0 aliphatic carbocycles. The quantitative estimate of drug-likeness (QED) is 0.465. The summed E-state index contributed by atoms with van der Waals surface area (Å²) >= 11 is 0. The zero-order valence-corrected chi connectivity index (χ0v) is 15.8. The highest BCUT2D eigenvalue weighted by Gasteiger charge is 2.57. The lowest BCUT2D eigenvalue weighted by atomic mass is 9.93. The van der Waals surface area contributed by atoms with Gasteiger partial charge in [-0.1, -0.05) is 12.1 Å². The van der Waals surface area contributed by atoms with Crippen LogP contribution in [0.4, 0.5) is 17.1 Å². The van der Waals surface area contributed by atoms with E-state index in [1.54, 1.807) is 6.07 Å². The van der Waals surface area contributed by atoms with Gasteiger partial charge in [-0.2, -0.15) is 0 Å². The molecule has 2 N–H and O–H groups in total. The lowest BCUT2D eigenvalue weighted by Crippen LogP contribution is -2.37. The zero-order valence-electron chi connectivity index (χ0n) is 15.8. The van der Waals surface area contributed by atoms with Crippen molar-refractivity contribution in [1.29, 1.82) is 0 Å². The van der Waals surface area contributed by atoms with Gasteiger partial charge in [0.05, 0.1) is 17.4 Å². The molecule has 4 rings (SSSR count). The number of amides is 1. The molecule has 2 atom stereocenters. The molecule has 0 radical (unpaired) electrons. The molecule has 8 nitrogen and oxygen atoms in total. The van der Waals surface area contributed by atoms with Crippen LogP contribution >= 0.6 is 0 Å². The molecule has 8 heteroatoms. The minimum absolute atomic E-state index is 0.0873. The van der Waals surface area contributed by atoms with Crippen molar-refractivity contribution in [2.75, 3.05) is 17.7 Å². The maximum absolute atomic E-state index is 12.5. The maximum atomic E-state index is 12.5. The van der Waals surface area contributed by atoms with E-state index in [0.29, 0.717) is 5.75 Å². The summed E-state index contributed by atoms with van der Waals surface area (Å²) in [5, 5.41) is 17.2. The molecule has 1 amide bonds. The van der Waals surface area contributed by atoms with Gasteiger partial charge in [-0.15, -0.1) is 0 Å². The van der Waals surface area contributed by atoms with Gasteiger partial charge in [0.1, 0.15) is 29.2 Å². The van der Waals surface area contributed by atoms with Crippen molar-refractivity contribution >= 4 is 23.0 Å². The number of benzene rings is 2. The fourth-order valence-electron chi connectivity index (χ4n) is 3.54. The van der Waals surface area contributed by atoms with Gasteiger partial charge in [0.25, 0.3) is 5.69 Å². The number of rotatable bonds is 5. The van der Waals surface area contributed by atoms with Gasteiger partial charge in [0.15, 0.2) is 0 Å². The second-order valence-corrected chi connectivity index (χ2v) is 7.52. The van der Waals surface area contributed by atoms with Crippen molar-refractivity contribution in [1.82, 2.24) is 0 Å². The van der Waals surface area contributed by atoms with Crippen molar-refractivity contribution in [3.63, 3.8) is 0 Å². The molecule has 2 aliphatic rings. The third kappa shape index (κ3) is 3.27. The molecular weight excluding hydrogens is 362 g/mol.